The third-order valence-corrected chi connectivity index (χ3v) is 3.11. The molecule has 1 unspecified atom stereocenters. The molecule has 4 nitrogen and oxygen atoms in total. The fraction of sp³-hybridized carbons (Fsp3) is 0.750. The minimum atomic E-state index is -0.242. The summed E-state index contributed by atoms with van der Waals surface area (Å²) in [6.45, 7) is 3.90. The van der Waals surface area contributed by atoms with Gasteiger partial charge in [0.25, 0.3) is 0 Å². The van der Waals surface area contributed by atoms with Gasteiger partial charge >= 0.3 is 0 Å². The molecule has 0 spiro atoms. The average Bonchev–Trinajstić information content (AvgIpc) is 2.88. The molecule has 0 aliphatic carbocycles. The van der Waals surface area contributed by atoms with Crippen LogP contribution in [0.3, 0.4) is 0 Å². The van der Waals surface area contributed by atoms with E-state index in [4.69, 9.17) is 9.15 Å². The zero-order valence-electron chi connectivity index (χ0n) is 10.1. The number of ether oxygens (including phenoxy) is 1. The summed E-state index contributed by atoms with van der Waals surface area (Å²) in [4.78, 5) is 4.30. The molecule has 0 bridgehead atoms. The molecule has 1 aliphatic rings. The molecule has 16 heavy (non-hydrogen) atoms. The van der Waals surface area contributed by atoms with Crippen molar-refractivity contribution in [3.8, 4) is 0 Å². The predicted molar refractivity (Wildman–Crippen MR) is 61.3 cm³/mol. The number of hydrogen-bond acceptors (Lipinski definition) is 4. The van der Waals surface area contributed by atoms with Crippen molar-refractivity contribution in [3.63, 3.8) is 0 Å². The summed E-state index contributed by atoms with van der Waals surface area (Å²) in [5.74, 6) is 1.70. The Morgan fingerprint density at radius 2 is 2.44 bits per heavy atom. The van der Waals surface area contributed by atoms with Crippen LogP contribution in [0.5, 0.6) is 0 Å². The molecule has 90 valence electrons. The van der Waals surface area contributed by atoms with Crippen molar-refractivity contribution in [1.29, 1.82) is 0 Å². The van der Waals surface area contributed by atoms with Crippen LogP contribution in [-0.2, 0) is 16.8 Å². The number of aryl methyl sites for hydroxylation is 1. The van der Waals surface area contributed by atoms with Gasteiger partial charge in [0.05, 0.1) is 6.20 Å². The zero-order chi connectivity index (χ0) is 11.4. The number of oxazole rings is 1. The molecule has 1 N–H and O–H groups in total. The summed E-state index contributed by atoms with van der Waals surface area (Å²) in [5.41, 5.74) is -0.242. The molecule has 1 aromatic heterocycles. The Hall–Kier alpha value is -0.870. The van der Waals surface area contributed by atoms with E-state index in [1.165, 1.54) is 0 Å². The lowest BCUT2D eigenvalue weighted by molar-refractivity contribution is -0.00164. The zero-order valence-corrected chi connectivity index (χ0v) is 10.1. The van der Waals surface area contributed by atoms with E-state index in [0.717, 1.165) is 50.5 Å². The van der Waals surface area contributed by atoms with Crippen molar-refractivity contribution in [2.45, 2.75) is 38.2 Å². The molecule has 0 amide bonds. The lowest BCUT2D eigenvalue weighted by Gasteiger charge is -2.19. The van der Waals surface area contributed by atoms with Gasteiger partial charge < -0.3 is 14.5 Å². The Morgan fingerprint density at radius 3 is 3.12 bits per heavy atom. The van der Waals surface area contributed by atoms with Crippen LogP contribution in [-0.4, -0.2) is 25.2 Å². The Labute approximate surface area is 96.4 Å². The number of aromatic nitrogens is 1. The smallest absolute Gasteiger partial charge is 0.194 e. The molecule has 0 radical (unpaired) electrons. The highest BCUT2D eigenvalue weighted by molar-refractivity contribution is 5.07. The standard InChI is InChI=1S/C12H20N2O2/c1-12(6-4-8-15-12)10-9-14-11(16-10)5-3-7-13-2/h9,13H,3-8H2,1-2H3. The first-order chi connectivity index (χ1) is 7.74. The quantitative estimate of drug-likeness (QED) is 0.775. The van der Waals surface area contributed by atoms with Crippen LogP contribution in [0.4, 0.5) is 0 Å². The van der Waals surface area contributed by atoms with E-state index in [1.807, 2.05) is 13.2 Å². The van der Waals surface area contributed by atoms with Crippen molar-refractivity contribution in [2.75, 3.05) is 20.2 Å². The van der Waals surface area contributed by atoms with Gasteiger partial charge in [-0.2, -0.15) is 0 Å². The second-order valence-electron chi connectivity index (χ2n) is 4.51. The predicted octanol–water partition coefficient (Wildman–Crippen LogP) is 1.85. The lowest BCUT2D eigenvalue weighted by atomic mass is 10.0. The Bertz CT molecular complexity index is 330. The van der Waals surface area contributed by atoms with Gasteiger partial charge in [0.15, 0.2) is 11.7 Å². The van der Waals surface area contributed by atoms with Gasteiger partial charge in [0.1, 0.15) is 5.60 Å². The molecule has 1 atom stereocenters. The largest absolute Gasteiger partial charge is 0.443 e. The van der Waals surface area contributed by atoms with E-state index in [-0.39, 0.29) is 5.60 Å². The fourth-order valence-corrected chi connectivity index (χ4v) is 2.06. The van der Waals surface area contributed by atoms with Gasteiger partial charge in [0.2, 0.25) is 0 Å². The molecule has 1 fully saturated rings. The summed E-state index contributed by atoms with van der Waals surface area (Å²) in [6.07, 6.45) is 5.88. The van der Waals surface area contributed by atoms with E-state index < -0.39 is 0 Å². The monoisotopic (exact) mass is 224 g/mol. The Balaban J connectivity index is 1.96. The van der Waals surface area contributed by atoms with Gasteiger partial charge in [-0.05, 0) is 39.8 Å². The summed E-state index contributed by atoms with van der Waals surface area (Å²) >= 11 is 0. The van der Waals surface area contributed by atoms with Crippen molar-refractivity contribution in [1.82, 2.24) is 10.3 Å². The maximum absolute atomic E-state index is 5.75. The molecular weight excluding hydrogens is 204 g/mol. The molecule has 1 saturated heterocycles. The van der Waals surface area contributed by atoms with Crippen molar-refractivity contribution in [3.05, 3.63) is 17.8 Å². The van der Waals surface area contributed by atoms with E-state index in [0.29, 0.717) is 0 Å². The fourth-order valence-electron chi connectivity index (χ4n) is 2.06. The molecule has 2 rings (SSSR count). The summed E-state index contributed by atoms with van der Waals surface area (Å²) in [6, 6.07) is 0. The van der Waals surface area contributed by atoms with Crippen LogP contribution in [0.1, 0.15) is 37.8 Å². The summed E-state index contributed by atoms with van der Waals surface area (Å²) < 4.78 is 11.5. The minimum absolute atomic E-state index is 0.242. The van der Waals surface area contributed by atoms with Crippen LogP contribution in [0.2, 0.25) is 0 Å². The van der Waals surface area contributed by atoms with E-state index in [1.54, 1.807) is 0 Å². The van der Waals surface area contributed by atoms with Gasteiger partial charge in [-0.3, -0.25) is 0 Å². The Morgan fingerprint density at radius 1 is 1.56 bits per heavy atom. The third-order valence-electron chi connectivity index (χ3n) is 3.11. The normalized spacial score (nSPS) is 25.1. The topological polar surface area (TPSA) is 47.3 Å². The first-order valence-electron chi connectivity index (χ1n) is 5.98. The number of hydrogen-bond donors (Lipinski definition) is 1. The van der Waals surface area contributed by atoms with Crippen LogP contribution < -0.4 is 5.32 Å². The van der Waals surface area contributed by atoms with E-state index >= 15 is 0 Å². The van der Waals surface area contributed by atoms with Crippen LogP contribution in [0.25, 0.3) is 0 Å². The van der Waals surface area contributed by atoms with Crippen LogP contribution >= 0.6 is 0 Å². The van der Waals surface area contributed by atoms with Gasteiger partial charge in [-0.1, -0.05) is 0 Å². The molecule has 0 aromatic carbocycles. The van der Waals surface area contributed by atoms with Crippen molar-refractivity contribution >= 4 is 0 Å². The van der Waals surface area contributed by atoms with Gasteiger partial charge in [-0.25, -0.2) is 4.98 Å². The SMILES string of the molecule is CNCCCc1ncc(C2(C)CCCO2)o1. The first kappa shape index (κ1) is 11.6. The number of rotatable bonds is 5. The van der Waals surface area contributed by atoms with Crippen molar-refractivity contribution < 1.29 is 9.15 Å². The van der Waals surface area contributed by atoms with Gasteiger partial charge in [-0.15, -0.1) is 0 Å². The average molecular weight is 224 g/mol. The highest BCUT2D eigenvalue weighted by atomic mass is 16.5. The highest BCUT2D eigenvalue weighted by Crippen LogP contribution is 2.35. The number of nitrogens with zero attached hydrogens (tertiary/aromatic N) is 1. The highest BCUT2D eigenvalue weighted by Gasteiger charge is 2.35. The number of nitrogens with one attached hydrogen (secondary N) is 1. The molecule has 2 heterocycles. The molecule has 1 aliphatic heterocycles. The third kappa shape index (κ3) is 2.44. The second kappa shape index (κ2) is 4.97. The lowest BCUT2D eigenvalue weighted by Crippen LogP contribution is -2.18. The maximum Gasteiger partial charge on any atom is 0.194 e. The Kier molecular flexibility index (Phi) is 3.61. The van der Waals surface area contributed by atoms with Crippen LogP contribution in [0, 0.1) is 0 Å². The molecule has 4 heteroatoms. The van der Waals surface area contributed by atoms with E-state index in [2.05, 4.69) is 17.2 Å². The summed E-state index contributed by atoms with van der Waals surface area (Å²) in [7, 11) is 1.95. The minimum Gasteiger partial charge on any atom is -0.443 e. The molecular formula is C12H20N2O2. The second-order valence-corrected chi connectivity index (χ2v) is 4.51. The van der Waals surface area contributed by atoms with E-state index in [9.17, 15) is 0 Å². The van der Waals surface area contributed by atoms with Crippen LogP contribution in [0.15, 0.2) is 10.6 Å². The molecule has 1 aromatic rings. The first-order valence-corrected chi connectivity index (χ1v) is 5.98. The van der Waals surface area contributed by atoms with Crippen molar-refractivity contribution in [2.24, 2.45) is 0 Å². The summed E-state index contributed by atoms with van der Waals surface area (Å²) in [5, 5.41) is 3.11. The maximum atomic E-state index is 5.75. The van der Waals surface area contributed by atoms with Gasteiger partial charge in [0, 0.05) is 13.0 Å². The molecule has 0 saturated carbocycles.